The van der Waals surface area contributed by atoms with E-state index in [2.05, 4.69) is 5.32 Å². The molecule has 0 saturated heterocycles. The Kier molecular flexibility index (Phi) is 4.66. The Hall–Kier alpha value is -2.69. The van der Waals surface area contributed by atoms with Crippen LogP contribution < -0.4 is 15.8 Å². The minimum atomic E-state index is -0.453. The summed E-state index contributed by atoms with van der Waals surface area (Å²) in [5.74, 6) is 0.350. The van der Waals surface area contributed by atoms with Crippen LogP contribution in [0.25, 0.3) is 0 Å². The van der Waals surface area contributed by atoms with Crippen molar-refractivity contribution in [3.05, 3.63) is 53.6 Å². The van der Waals surface area contributed by atoms with Crippen molar-refractivity contribution < 1.29 is 14.3 Å². The Morgan fingerprint density at radius 1 is 1.14 bits per heavy atom. The van der Waals surface area contributed by atoms with Crippen molar-refractivity contribution in [2.24, 2.45) is 0 Å². The smallest absolute Gasteiger partial charge is 0.342 e. The maximum Gasteiger partial charge on any atom is 0.342 e. The van der Waals surface area contributed by atoms with Crippen molar-refractivity contribution in [1.29, 1.82) is 0 Å². The van der Waals surface area contributed by atoms with E-state index in [1.165, 1.54) is 7.11 Å². The maximum absolute atomic E-state index is 11.8. The van der Waals surface area contributed by atoms with Crippen LogP contribution in [-0.4, -0.2) is 20.2 Å². The Balaban J connectivity index is 2.15. The number of rotatable bonds is 5. The third kappa shape index (κ3) is 3.45. The first-order valence-electron chi connectivity index (χ1n) is 6.49. The van der Waals surface area contributed by atoms with Crippen molar-refractivity contribution in [2.45, 2.75) is 6.54 Å². The van der Waals surface area contributed by atoms with E-state index >= 15 is 0 Å². The second kappa shape index (κ2) is 6.65. The van der Waals surface area contributed by atoms with Crippen LogP contribution in [0.5, 0.6) is 5.75 Å². The SMILES string of the molecule is COC(=O)c1c(N)cccc1NCc1ccc(OC)cc1. The second-order valence-electron chi connectivity index (χ2n) is 4.46. The maximum atomic E-state index is 11.8. The molecule has 3 N–H and O–H groups in total. The highest BCUT2D eigenvalue weighted by molar-refractivity contribution is 6.01. The lowest BCUT2D eigenvalue weighted by atomic mass is 10.1. The number of nitrogens with one attached hydrogen (secondary N) is 1. The molecule has 0 radical (unpaired) electrons. The predicted octanol–water partition coefficient (Wildman–Crippen LogP) is 2.68. The Labute approximate surface area is 123 Å². The third-order valence-corrected chi connectivity index (χ3v) is 3.13. The summed E-state index contributed by atoms with van der Waals surface area (Å²) in [5.41, 5.74) is 8.31. The fraction of sp³-hybridized carbons (Fsp3) is 0.188. The van der Waals surface area contributed by atoms with E-state index in [1.807, 2.05) is 24.3 Å². The lowest BCUT2D eigenvalue weighted by Crippen LogP contribution is -2.11. The van der Waals surface area contributed by atoms with Gasteiger partial charge in [0, 0.05) is 12.2 Å². The van der Waals surface area contributed by atoms with Gasteiger partial charge in [0.05, 0.1) is 19.9 Å². The van der Waals surface area contributed by atoms with E-state index in [1.54, 1.807) is 25.3 Å². The number of carbonyl (C=O) groups is 1. The highest BCUT2D eigenvalue weighted by Gasteiger charge is 2.15. The summed E-state index contributed by atoms with van der Waals surface area (Å²) in [6, 6.07) is 12.9. The van der Waals surface area contributed by atoms with Crippen molar-refractivity contribution in [2.75, 3.05) is 25.3 Å². The van der Waals surface area contributed by atoms with Gasteiger partial charge in [0.1, 0.15) is 11.3 Å². The van der Waals surface area contributed by atoms with Gasteiger partial charge in [-0.05, 0) is 29.8 Å². The summed E-state index contributed by atoms with van der Waals surface area (Å²) in [7, 11) is 2.96. The van der Waals surface area contributed by atoms with Gasteiger partial charge in [-0.1, -0.05) is 18.2 Å². The molecule has 0 unspecified atom stereocenters. The van der Waals surface area contributed by atoms with Crippen LogP contribution in [0.2, 0.25) is 0 Å². The summed E-state index contributed by atoms with van der Waals surface area (Å²) in [5, 5.41) is 3.20. The molecular weight excluding hydrogens is 268 g/mol. The van der Waals surface area contributed by atoms with Gasteiger partial charge in [-0.15, -0.1) is 0 Å². The Morgan fingerprint density at radius 3 is 2.48 bits per heavy atom. The number of hydrogen-bond donors (Lipinski definition) is 2. The number of carbonyl (C=O) groups excluding carboxylic acids is 1. The lowest BCUT2D eigenvalue weighted by molar-refractivity contribution is 0.0603. The molecule has 0 saturated carbocycles. The van der Waals surface area contributed by atoms with Crippen LogP contribution in [0.1, 0.15) is 15.9 Å². The van der Waals surface area contributed by atoms with Crippen LogP contribution >= 0.6 is 0 Å². The lowest BCUT2D eigenvalue weighted by Gasteiger charge is -2.13. The quantitative estimate of drug-likeness (QED) is 0.653. The number of methoxy groups -OCH3 is 2. The number of anilines is 2. The van der Waals surface area contributed by atoms with Gasteiger partial charge in [-0.2, -0.15) is 0 Å². The van der Waals surface area contributed by atoms with Crippen LogP contribution in [-0.2, 0) is 11.3 Å². The molecule has 0 bridgehead atoms. The molecule has 0 spiro atoms. The zero-order valence-corrected chi connectivity index (χ0v) is 12.1. The molecular formula is C16H18N2O3. The van der Waals surface area contributed by atoms with Gasteiger partial charge in [0.25, 0.3) is 0 Å². The van der Waals surface area contributed by atoms with Crippen molar-refractivity contribution in [1.82, 2.24) is 0 Å². The van der Waals surface area contributed by atoms with Crippen molar-refractivity contribution in [3.8, 4) is 5.75 Å². The fourth-order valence-electron chi connectivity index (χ4n) is 1.99. The molecule has 0 aliphatic carbocycles. The predicted molar refractivity (Wildman–Crippen MR) is 82.5 cm³/mol. The highest BCUT2D eigenvalue weighted by atomic mass is 16.5. The molecule has 0 aliphatic heterocycles. The summed E-state index contributed by atoms with van der Waals surface area (Å²) < 4.78 is 9.88. The van der Waals surface area contributed by atoms with Gasteiger partial charge in [0.15, 0.2) is 0 Å². The first-order valence-corrected chi connectivity index (χ1v) is 6.49. The van der Waals surface area contributed by atoms with Crippen LogP contribution in [0.4, 0.5) is 11.4 Å². The number of nitrogens with two attached hydrogens (primary N) is 1. The van der Waals surface area contributed by atoms with Crippen LogP contribution in [0.15, 0.2) is 42.5 Å². The summed E-state index contributed by atoms with van der Waals surface area (Å²) in [6.07, 6.45) is 0. The molecule has 2 rings (SSSR count). The summed E-state index contributed by atoms with van der Waals surface area (Å²) in [4.78, 5) is 11.8. The normalized spacial score (nSPS) is 10.0. The minimum Gasteiger partial charge on any atom is -0.497 e. The zero-order chi connectivity index (χ0) is 15.2. The first-order chi connectivity index (χ1) is 10.2. The third-order valence-electron chi connectivity index (χ3n) is 3.13. The van der Waals surface area contributed by atoms with E-state index in [0.29, 0.717) is 23.5 Å². The number of hydrogen-bond acceptors (Lipinski definition) is 5. The largest absolute Gasteiger partial charge is 0.497 e. The number of ether oxygens (including phenoxy) is 2. The van der Waals surface area contributed by atoms with Gasteiger partial charge in [-0.25, -0.2) is 4.79 Å². The van der Waals surface area contributed by atoms with Gasteiger partial charge in [0.2, 0.25) is 0 Å². The van der Waals surface area contributed by atoms with E-state index in [0.717, 1.165) is 11.3 Å². The monoisotopic (exact) mass is 286 g/mol. The molecule has 21 heavy (non-hydrogen) atoms. The molecule has 110 valence electrons. The highest BCUT2D eigenvalue weighted by Crippen LogP contribution is 2.23. The molecule has 5 heteroatoms. The van der Waals surface area contributed by atoms with E-state index in [9.17, 15) is 4.79 Å². The topological polar surface area (TPSA) is 73.6 Å². The van der Waals surface area contributed by atoms with Crippen molar-refractivity contribution in [3.63, 3.8) is 0 Å². The first kappa shape index (κ1) is 14.7. The Morgan fingerprint density at radius 2 is 1.86 bits per heavy atom. The van der Waals surface area contributed by atoms with E-state index < -0.39 is 5.97 Å². The van der Waals surface area contributed by atoms with E-state index in [4.69, 9.17) is 15.2 Å². The summed E-state index contributed by atoms with van der Waals surface area (Å²) >= 11 is 0. The fourth-order valence-corrected chi connectivity index (χ4v) is 1.99. The molecule has 0 amide bonds. The Bertz CT molecular complexity index is 624. The molecule has 0 fully saturated rings. The number of esters is 1. The number of benzene rings is 2. The van der Waals surface area contributed by atoms with E-state index in [-0.39, 0.29) is 0 Å². The second-order valence-corrected chi connectivity index (χ2v) is 4.46. The van der Waals surface area contributed by atoms with Crippen LogP contribution in [0, 0.1) is 0 Å². The van der Waals surface area contributed by atoms with Crippen LogP contribution in [0.3, 0.4) is 0 Å². The molecule has 0 heterocycles. The van der Waals surface area contributed by atoms with Gasteiger partial charge in [-0.3, -0.25) is 0 Å². The molecule has 2 aromatic rings. The summed E-state index contributed by atoms with van der Waals surface area (Å²) in [6.45, 7) is 0.567. The minimum absolute atomic E-state index is 0.355. The molecule has 0 atom stereocenters. The van der Waals surface area contributed by atoms with Gasteiger partial charge >= 0.3 is 5.97 Å². The number of nitrogen functional groups attached to an aromatic ring is 1. The standard InChI is InChI=1S/C16H18N2O3/c1-20-12-8-6-11(7-9-12)10-18-14-5-3-4-13(17)15(14)16(19)21-2/h3-9,18H,10,17H2,1-2H3. The zero-order valence-electron chi connectivity index (χ0n) is 12.1. The molecule has 2 aromatic carbocycles. The molecule has 0 aromatic heterocycles. The van der Waals surface area contributed by atoms with Gasteiger partial charge < -0.3 is 20.5 Å². The molecule has 5 nitrogen and oxygen atoms in total. The van der Waals surface area contributed by atoms with Crippen molar-refractivity contribution >= 4 is 17.3 Å². The molecule has 0 aliphatic rings. The average molecular weight is 286 g/mol. The average Bonchev–Trinajstić information content (AvgIpc) is 2.52.